The Morgan fingerprint density at radius 2 is 1.60 bits per heavy atom. The number of hydrogen-bond acceptors (Lipinski definition) is 3. The summed E-state index contributed by atoms with van der Waals surface area (Å²) in [5.41, 5.74) is 0.396. The first-order valence-corrected chi connectivity index (χ1v) is 13.9. The zero-order chi connectivity index (χ0) is 26.0. The third kappa shape index (κ3) is 3.65. The molecule has 0 radical (unpaired) electrons. The van der Waals surface area contributed by atoms with E-state index in [9.17, 15) is 23.1 Å². The van der Waals surface area contributed by atoms with Gasteiger partial charge in [-0.05, 0) is 45.3 Å². The van der Waals surface area contributed by atoms with Gasteiger partial charge in [0.2, 0.25) is 0 Å². The second-order valence-electron chi connectivity index (χ2n) is 9.54. The number of carboxylic acids is 1. The fraction of sp³-hybridized carbons (Fsp3) is 0.231. The molecule has 0 amide bonds. The normalized spacial score (nSPS) is 16.1. The smallest absolute Gasteiger partial charge is 0.199 e. The highest BCUT2D eigenvalue weighted by atomic mass is 28.3. The maximum Gasteiger partial charge on any atom is 0.199 e. The molecule has 0 N–H and O–H groups in total. The maximum atomic E-state index is 15.3. The molecule has 9 heteroatoms. The molecule has 2 aliphatic rings. The topological polar surface area (TPSA) is 46.4 Å². The van der Waals surface area contributed by atoms with Crippen LogP contribution in [0.5, 0.6) is 0 Å². The summed E-state index contributed by atoms with van der Waals surface area (Å²) in [6.07, 6.45) is 5.38. The van der Waals surface area contributed by atoms with Crippen LogP contribution in [0.15, 0.2) is 47.2 Å². The minimum absolute atomic E-state index is 0.00747. The number of allylic oxidation sites excluding steroid dienone is 5. The van der Waals surface area contributed by atoms with Crippen LogP contribution in [-0.2, 0) is 0 Å². The van der Waals surface area contributed by atoms with Crippen molar-refractivity contribution in [1.29, 1.82) is 0 Å². The summed E-state index contributed by atoms with van der Waals surface area (Å²) >= 11 is 0. The van der Waals surface area contributed by atoms with E-state index in [-0.39, 0.29) is 5.57 Å². The second kappa shape index (κ2) is 8.33. The van der Waals surface area contributed by atoms with Gasteiger partial charge in [-0.15, -0.1) is 0 Å². The fourth-order valence-corrected chi connectivity index (χ4v) is 7.78. The van der Waals surface area contributed by atoms with E-state index in [1.807, 2.05) is 49.8 Å². The van der Waals surface area contributed by atoms with Crippen molar-refractivity contribution in [2.24, 2.45) is 0 Å². The number of benzene rings is 2. The number of halogens is 4. The van der Waals surface area contributed by atoms with Crippen molar-refractivity contribution in [1.82, 2.24) is 0 Å². The first-order valence-electron chi connectivity index (χ1n) is 10.9. The molecule has 1 aliphatic heterocycles. The number of nitrogens with zero attached hydrogens (tertiary/aromatic N) is 2. The lowest BCUT2D eigenvalue weighted by atomic mass is 9.86. The van der Waals surface area contributed by atoms with Gasteiger partial charge in [-0.2, -0.15) is 0 Å². The van der Waals surface area contributed by atoms with Gasteiger partial charge in [-0.3, -0.25) is 0 Å². The molecule has 182 valence electrons. The van der Waals surface area contributed by atoms with E-state index in [1.165, 1.54) is 0 Å². The molecular weight excluding hydrogens is 476 g/mol. The SMILES string of the molecule is CN(C)c1ccc2c(c1)[Si](C)(C)C1=CC(=[N+](C)C)C=CC1=C2c1c(F)c(F)c(F)c(F)c1C(=O)[O-]. The van der Waals surface area contributed by atoms with Gasteiger partial charge in [-0.25, -0.2) is 22.1 Å². The summed E-state index contributed by atoms with van der Waals surface area (Å²) in [6, 6.07) is 5.38. The zero-order valence-electron chi connectivity index (χ0n) is 20.2. The molecular formula is C26H24F4N2O2Si. The third-order valence-corrected chi connectivity index (χ3v) is 10.2. The molecule has 0 fully saturated rings. The molecule has 4 rings (SSSR count). The predicted octanol–water partition coefficient (Wildman–Crippen LogP) is 3.15. The second-order valence-corrected chi connectivity index (χ2v) is 13.9. The Hall–Kier alpha value is -3.46. The van der Waals surface area contributed by atoms with E-state index in [2.05, 4.69) is 13.1 Å². The van der Waals surface area contributed by atoms with Crippen molar-refractivity contribution in [3.63, 3.8) is 0 Å². The van der Waals surface area contributed by atoms with Gasteiger partial charge in [-0.1, -0.05) is 19.2 Å². The molecule has 0 spiro atoms. The summed E-state index contributed by atoms with van der Waals surface area (Å²) < 4.78 is 60.5. The van der Waals surface area contributed by atoms with Crippen LogP contribution in [0.4, 0.5) is 23.2 Å². The van der Waals surface area contributed by atoms with E-state index in [4.69, 9.17) is 0 Å². The molecule has 0 saturated heterocycles. The fourth-order valence-electron chi connectivity index (χ4n) is 4.71. The van der Waals surface area contributed by atoms with Crippen LogP contribution in [0.2, 0.25) is 13.1 Å². The number of rotatable bonds is 3. The molecule has 1 aliphatic carbocycles. The van der Waals surface area contributed by atoms with E-state index in [0.717, 1.165) is 21.8 Å². The van der Waals surface area contributed by atoms with Gasteiger partial charge in [0.1, 0.15) is 22.2 Å². The summed E-state index contributed by atoms with van der Waals surface area (Å²) in [5.74, 6) is -10.2. The van der Waals surface area contributed by atoms with E-state index in [1.54, 1.807) is 24.3 Å². The van der Waals surface area contributed by atoms with Crippen LogP contribution < -0.4 is 15.2 Å². The highest BCUT2D eigenvalue weighted by Crippen LogP contribution is 2.44. The quantitative estimate of drug-likeness (QED) is 0.214. The molecule has 0 bridgehead atoms. The molecule has 0 unspecified atom stereocenters. The maximum absolute atomic E-state index is 15.3. The van der Waals surface area contributed by atoms with Gasteiger partial charge in [0.15, 0.2) is 29.0 Å². The van der Waals surface area contributed by atoms with Gasteiger partial charge in [0.25, 0.3) is 0 Å². The van der Waals surface area contributed by atoms with Crippen LogP contribution in [0, 0.1) is 23.3 Å². The van der Waals surface area contributed by atoms with E-state index >= 15 is 4.39 Å². The zero-order valence-corrected chi connectivity index (χ0v) is 21.2. The Labute approximate surface area is 201 Å². The summed E-state index contributed by atoms with van der Waals surface area (Å²) in [7, 11) is 4.96. The number of fused-ring (bicyclic) bond motifs is 2. The number of carboxylic acid groups (broad SMARTS) is 1. The van der Waals surface area contributed by atoms with Crippen molar-refractivity contribution < 1.29 is 32.0 Å². The third-order valence-electron chi connectivity index (χ3n) is 6.65. The molecule has 2 aromatic rings. The lowest BCUT2D eigenvalue weighted by molar-refractivity contribution is -0.462. The molecule has 0 atom stereocenters. The van der Waals surface area contributed by atoms with Crippen LogP contribution in [0.3, 0.4) is 0 Å². The van der Waals surface area contributed by atoms with Crippen molar-refractivity contribution in [2.75, 3.05) is 33.1 Å². The molecule has 0 saturated carbocycles. The average Bonchev–Trinajstić information content (AvgIpc) is 2.80. The van der Waals surface area contributed by atoms with Crippen molar-refractivity contribution >= 4 is 36.2 Å². The summed E-state index contributed by atoms with van der Waals surface area (Å²) in [6.45, 7) is 4.20. The Balaban J connectivity index is 2.24. The molecule has 1 heterocycles. The Morgan fingerprint density at radius 1 is 0.971 bits per heavy atom. The van der Waals surface area contributed by atoms with Gasteiger partial charge in [0, 0.05) is 43.1 Å². The molecule has 35 heavy (non-hydrogen) atoms. The number of carbonyl (C=O) groups is 1. The lowest BCUT2D eigenvalue weighted by Crippen LogP contribution is -2.50. The highest BCUT2D eigenvalue weighted by Gasteiger charge is 2.42. The molecule has 4 nitrogen and oxygen atoms in total. The standard InChI is InChI=1S/C26H24F4N2O2Si/c1-31(2)13-7-9-15-17(11-13)35(5,6)18-12-14(32(3)4)8-10-16(18)19(15)20-21(26(33)34)23(28)25(30)24(29)22(20)27/h7-12H,1-6H3. The van der Waals surface area contributed by atoms with Crippen LogP contribution in [0.1, 0.15) is 21.5 Å². The van der Waals surface area contributed by atoms with Crippen molar-refractivity contribution in [2.45, 2.75) is 13.1 Å². The summed E-state index contributed by atoms with van der Waals surface area (Å²) in [5, 5.41) is 13.6. The Morgan fingerprint density at radius 3 is 2.17 bits per heavy atom. The lowest BCUT2D eigenvalue weighted by Gasteiger charge is -2.38. The average molecular weight is 501 g/mol. The molecule has 2 aromatic carbocycles. The largest absolute Gasteiger partial charge is 0.545 e. The van der Waals surface area contributed by atoms with Crippen LogP contribution in [-0.4, -0.2) is 52.5 Å². The first-order chi connectivity index (χ1) is 16.3. The number of hydrogen-bond donors (Lipinski definition) is 0. The number of aromatic carboxylic acids is 1. The predicted molar refractivity (Wildman–Crippen MR) is 129 cm³/mol. The van der Waals surface area contributed by atoms with Crippen molar-refractivity contribution in [3.05, 3.63) is 87.2 Å². The summed E-state index contributed by atoms with van der Waals surface area (Å²) in [4.78, 5) is 13.8. The molecule has 0 aromatic heterocycles. The minimum Gasteiger partial charge on any atom is -0.545 e. The van der Waals surface area contributed by atoms with E-state index < -0.39 is 48.4 Å². The van der Waals surface area contributed by atoms with Crippen LogP contribution in [0.25, 0.3) is 5.57 Å². The van der Waals surface area contributed by atoms with Crippen molar-refractivity contribution in [3.8, 4) is 0 Å². The number of anilines is 1. The Bertz CT molecular complexity index is 1430. The van der Waals surface area contributed by atoms with Gasteiger partial charge < -0.3 is 14.8 Å². The van der Waals surface area contributed by atoms with Crippen LogP contribution >= 0.6 is 0 Å². The van der Waals surface area contributed by atoms with E-state index in [0.29, 0.717) is 11.1 Å². The van der Waals surface area contributed by atoms with Gasteiger partial charge >= 0.3 is 0 Å². The Kier molecular flexibility index (Phi) is 5.87. The number of carbonyl (C=O) groups excluding carboxylic acids is 1. The monoisotopic (exact) mass is 500 g/mol. The highest BCUT2D eigenvalue weighted by molar-refractivity contribution is 6.98. The minimum atomic E-state index is -2.48. The van der Waals surface area contributed by atoms with Gasteiger partial charge in [0.05, 0.1) is 5.97 Å². The first kappa shape index (κ1) is 24.7.